The Morgan fingerprint density at radius 2 is 0.851 bits per heavy atom. The molecular formula is C74H55F9N8O8S2. The minimum absolute atomic E-state index is 0.0194. The highest BCUT2D eigenvalue weighted by atomic mass is 32.2. The number of aromatic nitrogens is 6. The number of ketones is 1. The van der Waals surface area contributed by atoms with E-state index in [1.54, 1.807) is 84.4 Å². The third-order valence-corrected chi connectivity index (χ3v) is 16.8. The van der Waals surface area contributed by atoms with E-state index in [0.29, 0.717) is 73.7 Å². The van der Waals surface area contributed by atoms with Crippen LogP contribution in [0.4, 0.5) is 45.2 Å². The quantitative estimate of drug-likeness (QED) is 0.0413. The molecule has 0 saturated carbocycles. The molecule has 0 radical (unpaired) electrons. The van der Waals surface area contributed by atoms with E-state index in [4.69, 9.17) is 19.3 Å². The fourth-order valence-electron chi connectivity index (χ4n) is 9.70. The summed E-state index contributed by atoms with van der Waals surface area (Å²) in [6.45, 7) is 6.03. The molecule has 16 nitrogen and oxygen atoms in total. The van der Waals surface area contributed by atoms with Crippen molar-refractivity contribution < 1.29 is 75.4 Å². The maximum atomic E-state index is 12.8. The average Bonchev–Trinajstić information content (AvgIpc) is 1.79. The molecule has 12 aromatic rings. The number of rotatable bonds is 13. The predicted octanol–water partition coefficient (Wildman–Crippen LogP) is 16.1. The minimum Gasteiger partial charge on any atom is -0.494 e. The van der Waals surface area contributed by atoms with Gasteiger partial charge in [0.15, 0.2) is 35.5 Å². The van der Waals surface area contributed by atoms with E-state index in [1.807, 2.05) is 73.7 Å². The van der Waals surface area contributed by atoms with Crippen molar-refractivity contribution >= 4 is 64.6 Å². The van der Waals surface area contributed by atoms with Crippen LogP contribution in [0.5, 0.6) is 17.2 Å². The fourth-order valence-corrected chi connectivity index (χ4v) is 11.0. The molecule has 9 aromatic carbocycles. The summed E-state index contributed by atoms with van der Waals surface area (Å²) in [5, 5.41) is 5.33. The van der Waals surface area contributed by atoms with Crippen LogP contribution in [0.25, 0.3) is 66.5 Å². The number of aromatic amines is 3. The molecule has 3 heterocycles. The van der Waals surface area contributed by atoms with Gasteiger partial charge in [0.1, 0.15) is 17.2 Å². The highest BCUT2D eigenvalue weighted by Crippen LogP contribution is 2.35. The highest BCUT2D eigenvalue weighted by Gasteiger charge is 2.46. The number of imidazole rings is 3. The van der Waals surface area contributed by atoms with Gasteiger partial charge in [-0.25, -0.2) is 28.5 Å². The Labute approximate surface area is 572 Å². The van der Waals surface area contributed by atoms with E-state index in [2.05, 4.69) is 65.4 Å². The predicted molar refractivity (Wildman–Crippen MR) is 365 cm³/mol. The molecule has 514 valence electrons. The summed E-state index contributed by atoms with van der Waals surface area (Å²) in [5.41, 5.74) is 4.56. The number of nitrogens with one attached hydrogen (secondary N) is 4. The molecule has 0 amide bonds. The lowest BCUT2D eigenvalue weighted by atomic mass is 9.97. The smallest absolute Gasteiger partial charge is 0.494 e. The third kappa shape index (κ3) is 18.5. The van der Waals surface area contributed by atoms with Crippen molar-refractivity contribution in [3.05, 3.63) is 240 Å². The molecule has 0 saturated heterocycles. The van der Waals surface area contributed by atoms with E-state index in [-0.39, 0.29) is 39.3 Å². The molecule has 101 heavy (non-hydrogen) atoms. The molecule has 0 bridgehead atoms. The Morgan fingerprint density at radius 3 is 1.25 bits per heavy atom. The summed E-state index contributed by atoms with van der Waals surface area (Å²) in [5.74, 6) is 19.8. The Hall–Kier alpha value is -11.8. The van der Waals surface area contributed by atoms with Crippen LogP contribution in [-0.4, -0.2) is 89.2 Å². The number of primary sulfonamides is 1. The largest absolute Gasteiger partial charge is 0.516 e. The van der Waals surface area contributed by atoms with Gasteiger partial charge in [-0.15, -0.1) is 0 Å². The Morgan fingerprint density at radius 1 is 0.485 bits per heavy atom. The van der Waals surface area contributed by atoms with Crippen molar-refractivity contribution in [3.63, 3.8) is 0 Å². The number of anilines is 1. The molecule has 0 fully saturated rings. The van der Waals surface area contributed by atoms with Crippen LogP contribution in [0.1, 0.15) is 72.2 Å². The lowest BCUT2D eigenvalue weighted by molar-refractivity contribution is -0.189. The van der Waals surface area contributed by atoms with E-state index in [1.165, 1.54) is 60.7 Å². The lowest BCUT2D eigenvalue weighted by Crippen LogP contribution is -2.31. The number of ether oxygens (including phenoxy) is 3. The van der Waals surface area contributed by atoms with Gasteiger partial charge in [0.2, 0.25) is 10.0 Å². The summed E-state index contributed by atoms with van der Waals surface area (Å²) in [6, 6.07) is 54.9. The van der Waals surface area contributed by atoms with E-state index in [0.717, 1.165) is 47.3 Å². The van der Waals surface area contributed by atoms with Gasteiger partial charge >= 0.3 is 27.9 Å². The van der Waals surface area contributed by atoms with Gasteiger partial charge in [-0.3, -0.25) is 9.52 Å². The number of Topliss-reactive ketones (excluding diaryl/α,β-unsaturated/α-hetero) is 1. The minimum atomic E-state index is -5.62. The number of H-pyrrole nitrogens is 3. The van der Waals surface area contributed by atoms with Crippen molar-refractivity contribution in [3.8, 4) is 86.2 Å². The number of nitrogens with zero attached hydrogens (tertiary/aromatic N) is 3. The van der Waals surface area contributed by atoms with Crippen LogP contribution in [0.2, 0.25) is 0 Å². The van der Waals surface area contributed by atoms with Gasteiger partial charge in [0, 0.05) is 33.4 Å². The van der Waals surface area contributed by atoms with Crippen LogP contribution in [-0.2, 0) is 20.0 Å². The van der Waals surface area contributed by atoms with Crippen molar-refractivity contribution in [2.75, 3.05) is 11.3 Å². The highest BCUT2D eigenvalue weighted by molar-refractivity contribution is 7.93. The summed E-state index contributed by atoms with van der Waals surface area (Å²) < 4.78 is 178. The molecule has 6 N–H and O–H groups in total. The SMILES string of the molecule is CC(Oc1ccc(C#Cc2nc3ccc(-c4ccccc4NS(=O)(=O)C(F)(F)F)cc3[nH]2)cc1)C(F)(F)F.CC(Oc1ccc(C#Cc2nc3ccc(-c4ccccc4S(N)(=O)=O)cc3[nH]2)cc1)C(F)(F)F.CCOc1ccc(C#Cc2nc3ccc(-c4ccccc4C(C)=O)cc3[nH]2)cc1. The van der Waals surface area contributed by atoms with Crippen LogP contribution in [0.3, 0.4) is 0 Å². The number of fused-ring (bicyclic) bond motifs is 3. The van der Waals surface area contributed by atoms with Crippen molar-refractivity contribution in [1.82, 2.24) is 29.9 Å². The normalized spacial score (nSPS) is 12.2. The van der Waals surface area contributed by atoms with Crippen LogP contribution in [0.15, 0.2) is 205 Å². The van der Waals surface area contributed by atoms with Gasteiger partial charge in [-0.1, -0.05) is 96.6 Å². The van der Waals surface area contributed by atoms with Crippen molar-refractivity contribution in [2.24, 2.45) is 5.14 Å². The number of para-hydroxylation sites is 1. The Balaban J connectivity index is 0.000000165. The first-order valence-electron chi connectivity index (χ1n) is 30.2. The average molecular weight is 1420 g/mol. The zero-order valence-electron chi connectivity index (χ0n) is 53.3. The van der Waals surface area contributed by atoms with Gasteiger partial charge in [-0.05, 0) is 189 Å². The number of nitrogens with two attached hydrogens (primary N) is 1. The monoisotopic (exact) mass is 1420 g/mol. The van der Waals surface area contributed by atoms with Gasteiger partial charge in [0.05, 0.1) is 50.3 Å². The molecule has 12 rings (SSSR count). The number of halogens is 9. The second-order valence-electron chi connectivity index (χ2n) is 22.1. The number of carbonyl (C=O) groups excluding carboxylic acids is 1. The summed E-state index contributed by atoms with van der Waals surface area (Å²) in [4.78, 5) is 34.5. The number of hydrogen-bond acceptors (Lipinski definition) is 11. The van der Waals surface area contributed by atoms with E-state index in [9.17, 15) is 61.1 Å². The van der Waals surface area contributed by atoms with Crippen molar-refractivity contribution in [2.45, 2.75) is 62.7 Å². The summed E-state index contributed by atoms with van der Waals surface area (Å²) in [7, 11) is -9.51. The summed E-state index contributed by atoms with van der Waals surface area (Å²) >= 11 is 0. The number of hydrogen-bond donors (Lipinski definition) is 5. The van der Waals surface area contributed by atoms with Gasteiger partial charge < -0.3 is 29.2 Å². The second-order valence-corrected chi connectivity index (χ2v) is 25.3. The standard InChI is InChI=1S/C25H17F6N3O3S.C25H20N2O2.C24H18F3N3O3S/c1-15(24(26,27)28)37-18-10-6-16(7-11-18)8-13-23-32-21-12-9-17(14-22(21)33-23)19-4-2-3-5-20(19)34-38(35,36)25(29,30)31;1-3-29-20-12-8-18(9-13-20)10-15-25-26-23-14-11-19(16-24(23)27-25)22-7-5-4-6-21(22)17(2)28;1-15(24(25,26)27)33-18-10-6-16(7-11-18)8-13-23-29-20-12-9-17(14-21(20)30-23)19-4-2-3-5-22(19)34(28,31)32/h2-7,9-12,14-15,34H,1H3,(H,32,33);4-9,11-14,16H,3H2,1-2H3,(H,26,27);2-7,9-12,14-15H,1H3,(H,29,30)(H2,28,31,32). The number of benzene rings is 9. The zero-order chi connectivity index (χ0) is 72.4. The molecular weight excluding hydrogens is 1360 g/mol. The first-order chi connectivity index (χ1) is 47.9. The van der Waals surface area contributed by atoms with Crippen molar-refractivity contribution in [1.29, 1.82) is 0 Å². The molecule has 0 aliphatic carbocycles. The molecule has 0 aliphatic heterocycles. The van der Waals surface area contributed by atoms with Crippen LogP contribution < -0.4 is 24.1 Å². The maximum absolute atomic E-state index is 12.8. The van der Waals surface area contributed by atoms with Crippen LogP contribution >= 0.6 is 0 Å². The molecule has 0 aliphatic rings. The molecule has 0 spiro atoms. The maximum Gasteiger partial charge on any atom is 0.516 e. The zero-order valence-corrected chi connectivity index (χ0v) is 55.0. The summed E-state index contributed by atoms with van der Waals surface area (Å²) in [6.07, 6.45) is -12.8. The molecule has 3 aromatic heterocycles. The first kappa shape index (κ1) is 71.9. The second kappa shape index (κ2) is 30.1. The topological polar surface area (TPSA) is 237 Å². The lowest BCUT2D eigenvalue weighted by Gasteiger charge is -2.17. The number of alkyl halides is 9. The van der Waals surface area contributed by atoms with Gasteiger partial charge in [-0.2, -0.15) is 47.9 Å². The fraction of sp³-hybridized carbons (Fsp3) is 0.135. The Bertz CT molecular complexity index is 5470. The number of sulfonamides is 2. The van der Waals surface area contributed by atoms with Gasteiger partial charge in [0.25, 0.3) is 0 Å². The molecule has 2 unspecified atom stereocenters. The first-order valence-corrected chi connectivity index (χ1v) is 33.3. The third-order valence-electron chi connectivity index (χ3n) is 14.8. The van der Waals surface area contributed by atoms with E-state index < -0.39 is 50.1 Å². The molecule has 2 atom stereocenters. The Kier molecular flexibility index (Phi) is 21.4. The van der Waals surface area contributed by atoms with E-state index >= 15 is 0 Å². The number of carbonyl (C=O) groups is 1. The van der Waals surface area contributed by atoms with Crippen LogP contribution in [0, 0.1) is 35.5 Å². The molecule has 27 heteroatoms.